The second-order valence-corrected chi connectivity index (χ2v) is 5.56. The summed E-state index contributed by atoms with van der Waals surface area (Å²) in [5.74, 6) is -0.644. The molecule has 2 amide bonds. The molecule has 0 spiro atoms. The second-order valence-electron chi connectivity index (χ2n) is 5.56. The van der Waals surface area contributed by atoms with Gasteiger partial charge in [0.25, 0.3) is 0 Å². The van der Waals surface area contributed by atoms with E-state index in [9.17, 15) is 9.59 Å². The predicted octanol–water partition coefficient (Wildman–Crippen LogP) is -0.195. The van der Waals surface area contributed by atoms with E-state index in [4.69, 9.17) is 10.2 Å². The van der Waals surface area contributed by atoms with Gasteiger partial charge in [0, 0.05) is 45.7 Å². The number of nitrogens with one attached hydrogen (secondary N) is 1. The van der Waals surface area contributed by atoms with Crippen LogP contribution >= 0.6 is 0 Å². The molecule has 7 nitrogen and oxygen atoms in total. The number of hydrogen-bond acceptors (Lipinski definition) is 4. The van der Waals surface area contributed by atoms with Crippen LogP contribution in [0.15, 0.2) is 0 Å². The summed E-state index contributed by atoms with van der Waals surface area (Å²) in [5.41, 5.74) is 0. The minimum atomic E-state index is -1.42. The first-order valence-electron chi connectivity index (χ1n) is 7.06. The molecule has 3 N–H and O–H groups in total. The highest BCUT2D eigenvalue weighted by molar-refractivity contribution is 5.74. The lowest BCUT2D eigenvalue weighted by atomic mass is 10.2. The summed E-state index contributed by atoms with van der Waals surface area (Å²) in [6, 6.07) is -0.188. The molecule has 0 bridgehead atoms. The first-order chi connectivity index (χ1) is 9.40. The van der Waals surface area contributed by atoms with E-state index in [-0.39, 0.29) is 19.0 Å². The number of urea groups is 1. The number of carbonyl (C=O) groups is 2. The van der Waals surface area contributed by atoms with Gasteiger partial charge in [0.05, 0.1) is 0 Å². The number of carbonyl (C=O) groups excluding carboxylic acids is 1. The van der Waals surface area contributed by atoms with E-state index >= 15 is 0 Å². The molecule has 1 atom stereocenters. The van der Waals surface area contributed by atoms with Crippen molar-refractivity contribution in [2.75, 3.05) is 39.3 Å². The lowest BCUT2D eigenvalue weighted by Crippen LogP contribution is -2.52. The monoisotopic (exact) mass is 287 g/mol. The number of carboxylic acid groups (broad SMARTS) is 1. The van der Waals surface area contributed by atoms with Crippen molar-refractivity contribution >= 4 is 12.0 Å². The van der Waals surface area contributed by atoms with Crippen molar-refractivity contribution in [3.8, 4) is 0 Å². The van der Waals surface area contributed by atoms with Gasteiger partial charge in [-0.05, 0) is 5.92 Å². The first kappa shape index (κ1) is 16.7. The van der Waals surface area contributed by atoms with Crippen molar-refractivity contribution in [3.63, 3.8) is 0 Å². The molecule has 20 heavy (non-hydrogen) atoms. The summed E-state index contributed by atoms with van der Waals surface area (Å²) in [4.78, 5) is 26.3. The fraction of sp³-hybridized carbons (Fsp3) is 0.846. The lowest BCUT2D eigenvalue weighted by molar-refractivity contribution is -0.146. The lowest BCUT2D eigenvalue weighted by Gasteiger charge is -2.35. The topological polar surface area (TPSA) is 93.1 Å². The normalized spacial score (nSPS) is 18.1. The molecule has 1 aliphatic heterocycles. The van der Waals surface area contributed by atoms with Crippen LogP contribution in [-0.4, -0.2) is 77.4 Å². The maximum absolute atomic E-state index is 11.8. The molecule has 7 heteroatoms. The molecule has 0 saturated carbocycles. The van der Waals surface area contributed by atoms with Gasteiger partial charge in [0.1, 0.15) is 0 Å². The average Bonchev–Trinajstić information content (AvgIpc) is 2.38. The van der Waals surface area contributed by atoms with Gasteiger partial charge in [-0.15, -0.1) is 0 Å². The highest BCUT2D eigenvalue weighted by atomic mass is 16.4. The molecular weight excluding hydrogens is 262 g/mol. The van der Waals surface area contributed by atoms with E-state index in [0.29, 0.717) is 19.0 Å². The van der Waals surface area contributed by atoms with Crippen LogP contribution in [0.2, 0.25) is 0 Å². The van der Waals surface area contributed by atoms with Gasteiger partial charge in [0.15, 0.2) is 6.10 Å². The number of nitrogens with zero attached hydrogens (tertiary/aromatic N) is 2. The van der Waals surface area contributed by atoms with Gasteiger partial charge in [0.2, 0.25) is 0 Å². The van der Waals surface area contributed by atoms with Crippen molar-refractivity contribution in [2.24, 2.45) is 5.92 Å². The number of amides is 2. The largest absolute Gasteiger partial charge is 0.479 e. The second kappa shape index (κ2) is 8.06. The Kier molecular flexibility index (Phi) is 6.74. The van der Waals surface area contributed by atoms with Gasteiger partial charge >= 0.3 is 12.0 Å². The van der Waals surface area contributed by atoms with Crippen LogP contribution in [0, 0.1) is 5.92 Å². The van der Waals surface area contributed by atoms with Crippen molar-refractivity contribution in [1.29, 1.82) is 0 Å². The van der Waals surface area contributed by atoms with E-state index in [1.54, 1.807) is 4.90 Å². The minimum Gasteiger partial charge on any atom is -0.479 e. The summed E-state index contributed by atoms with van der Waals surface area (Å²) in [6.07, 6.45) is -1.40. The van der Waals surface area contributed by atoms with Crippen LogP contribution in [0.4, 0.5) is 4.79 Å². The van der Waals surface area contributed by atoms with Crippen molar-refractivity contribution < 1.29 is 19.8 Å². The van der Waals surface area contributed by atoms with Gasteiger partial charge < -0.3 is 20.4 Å². The van der Waals surface area contributed by atoms with Crippen LogP contribution in [0.3, 0.4) is 0 Å². The number of aliphatic carboxylic acids is 1. The zero-order chi connectivity index (χ0) is 15.1. The Labute approximate surface area is 119 Å². The molecule has 0 aromatic rings. The third kappa shape index (κ3) is 5.75. The molecule has 116 valence electrons. The predicted molar refractivity (Wildman–Crippen MR) is 74.5 cm³/mol. The number of hydrogen-bond donors (Lipinski definition) is 3. The maximum Gasteiger partial charge on any atom is 0.332 e. The van der Waals surface area contributed by atoms with Crippen LogP contribution in [-0.2, 0) is 4.79 Å². The Hall–Kier alpha value is -1.34. The van der Waals surface area contributed by atoms with E-state index < -0.39 is 12.1 Å². The van der Waals surface area contributed by atoms with Crippen molar-refractivity contribution in [3.05, 3.63) is 0 Å². The Balaban J connectivity index is 2.21. The van der Waals surface area contributed by atoms with Crippen LogP contribution in [0.1, 0.15) is 20.3 Å². The van der Waals surface area contributed by atoms with Gasteiger partial charge in [-0.2, -0.15) is 0 Å². The number of aliphatic hydroxyl groups excluding tert-OH is 1. The van der Waals surface area contributed by atoms with E-state index in [0.717, 1.165) is 19.6 Å². The molecule has 0 aromatic heterocycles. The minimum absolute atomic E-state index is 0.0222. The Morgan fingerprint density at radius 3 is 2.30 bits per heavy atom. The summed E-state index contributed by atoms with van der Waals surface area (Å²) in [7, 11) is 0. The van der Waals surface area contributed by atoms with Gasteiger partial charge in [-0.3, -0.25) is 4.90 Å². The number of piperazine rings is 1. The summed E-state index contributed by atoms with van der Waals surface area (Å²) in [5, 5.41) is 20.3. The SMILES string of the molecule is CC(C)CN1CCN(C(=O)NCCC(O)C(=O)O)CC1. The Morgan fingerprint density at radius 2 is 1.80 bits per heavy atom. The zero-order valence-corrected chi connectivity index (χ0v) is 12.2. The van der Waals surface area contributed by atoms with Crippen LogP contribution in [0.5, 0.6) is 0 Å². The third-order valence-electron chi connectivity index (χ3n) is 3.26. The highest BCUT2D eigenvalue weighted by Gasteiger charge is 2.21. The molecule has 1 aliphatic rings. The number of aliphatic hydroxyl groups is 1. The summed E-state index contributed by atoms with van der Waals surface area (Å²) in [6.45, 7) is 8.64. The van der Waals surface area contributed by atoms with E-state index in [1.165, 1.54) is 0 Å². The average molecular weight is 287 g/mol. The van der Waals surface area contributed by atoms with Gasteiger partial charge in [-0.1, -0.05) is 13.8 Å². The zero-order valence-electron chi connectivity index (χ0n) is 12.2. The standard InChI is InChI=1S/C13H25N3O4/c1-10(2)9-15-5-7-16(8-6-15)13(20)14-4-3-11(17)12(18)19/h10-11,17H,3-9H2,1-2H3,(H,14,20)(H,18,19). The molecular formula is C13H25N3O4. The third-order valence-corrected chi connectivity index (χ3v) is 3.26. The highest BCUT2D eigenvalue weighted by Crippen LogP contribution is 2.05. The molecule has 1 fully saturated rings. The smallest absolute Gasteiger partial charge is 0.332 e. The molecule has 1 unspecified atom stereocenters. The number of rotatable bonds is 6. The molecule has 0 aromatic carbocycles. The molecule has 1 saturated heterocycles. The van der Waals surface area contributed by atoms with Crippen LogP contribution < -0.4 is 5.32 Å². The maximum atomic E-state index is 11.8. The van der Waals surface area contributed by atoms with Gasteiger partial charge in [-0.25, -0.2) is 9.59 Å². The molecule has 0 radical (unpaired) electrons. The van der Waals surface area contributed by atoms with E-state index in [2.05, 4.69) is 24.1 Å². The fourth-order valence-corrected chi connectivity index (χ4v) is 2.20. The summed E-state index contributed by atoms with van der Waals surface area (Å²) >= 11 is 0. The molecule has 1 heterocycles. The number of carboxylic acids is 1. The fourth-order valence-electron chi connectivity index (χ4n) is 2.20. The molecule has 0 aliphatic carbocycles. The van der Waals surface area contributed by atoms with Crippen molar-refractivity contribution in [1.82, 2.24) is 15.1 Å². The first-order valence-corrected chi connectivity index (χ1v) is 7.06. The molecule has 1 rings (SSSR count). The Bertz CT molecular complexity index is 328. The quantitative estimate of drug-likeness (QED) is 0.629. The summed E-state index contributed by atoms with van der Waals surface area (Å²) < 4.78 is 0. The van der Waals surface area contributed by atoms with Crippen LogP contribution in [0.25, 0.3) is 0 Å². The Morgan fingerprint density at radius 1 is 1.20 bits per heavy atom. The van der Waals surface area contributed by atoms with E-state index in [1.807, 2.05) is 0 Å². The van der Waals surface area contributed by atoms with Crippen molar-refractivity contribution in [2.45, 2.75) is 26.4 Å².